The number of ether oxygens (including phenoxy) is 1. The lowest BCUT2D eigenvalue weighted by Gasteiger charge is -2.08. The number of nitrogens with zero attached hydrogens (tertiary/aromatic N) is 3. The third-order valence-electron chi connectivity index (χ3n) is 4.68. The standard InChI is InChI=1S/C22H17N3O3/c1-25-21-19(22(27)28-2)11-18(12-20(21)23-24-25)16-8-6-15(7-9-16)17-5-3-4-14(10-17)13-26/h3-13H,1-2H3. The number of aldehydes is 1. The van der Waals surface area contributed by atoms with Crippen molar-refractivity contribution in [3.05, 3.63) is 71.8 Å². The highest BCUT2D eigenvalue weighted by atomic mass is 16.5. The Bertz CT molecular complexity index is 1190. The summed E-state index contributed by atoms with van der Waals surface area (Å²) >= 11 is 0. The Kier molecular flexibility index (Phi) is 4.45. The summed E-state index contributed by atoms with van der Waals surface area (Å²) in [5.41, 5.74) is 6.08. The Hall–Kier alpha value is -3.80. The van der Waals surface area contributed by atoms with Crippen LogP contribution in [-0.4, -0.2) is 34.4 Å². The first-order valence-electron chi connectivity index (χ1n) is 8.68. The first kappa shape index (κ1) is 17.6. The number of carbonyl (C=O) groups excluding carboxylic acids is 2. The van der Waals surface area contributed by atoms with E-state index in [1.165, 1.54) is 7.11 Å². The van der Waals surface area contributed by atoms with Crippen molar-refractivity contribution in [1.82, 2.24) is 15.0 Å². The fourth-order valence-electron chi connectivity index (χ4n) is 3.27. The van der Waals surface area contributed by atoms with Crippen LogP contribution in [0, 0.1) is 0 Å². The Morgan fingerprint density at radius 1 is 0.964 bits per heavy atom. The normalized spacial score (nSPS) is 10.8. The fourth-order valence-corrected chi connectivity index (χ4v) is 3.27. The summed E-state index contributed by atoms with van der Waals surface area (Å²) in [4.78, 5) is 23.2. The first-order valence-corrected chi connectivity index (χ1v) is 8.68. The highest BCUT2D eigenvalue weighted by Crippen LogP contribution is 2.29. The fraction of sp³-hybridized carbons (Fsp3) is 0.0909. The lowest BCUT2D eigenvalue weighted by atomic mass is 9.97. The van der Waals surface area contributed by atoms with Gasteiger partial charge in [0.1, 0.15) is 17.3 Å². The van der Waals surface area contributed by atoms with E-state index < -0.39 is 5.97 Å². The van der Waals surface area contributed by atoms with Gasteiger partial charge in [-0.3, -0.25) is 4.79 Å². The predicted molar refractivity (Wildman–Crippen MR) is 106 cm³/mol. The van der Waals surface area contributed by atoms with Crippen molar-refractivity contribution in [2.75, 3.05) is 7.11 Å². The zero-order chi connectivity index (χ0) is 19.7. The van der Waals surface area contributed by atoms with E-state index in [9.17, 15) is 9.59 Å². The number of esters is 1. The van der Waals surface area contributed by atoms with Crippen molar-refractivity contribution >= 4 is 23.3 Å². The molecule has 0 fully saturated rings. The summed E-state index contributed by atoms with van der Waals surface area (Å²) in [7, 11) is 3.09. The van der Waals surface area contributed by atoms with Crippen molar-refractivity contribution in [2.24, 2.45) is 7.05 Å². The molecule has 0 radical (unpaired) electrons. The molecule has 1 heterocycles. The first-order chi connectivity index (χ1) is 13.6. The van der Waals surface area contributed by atoms with Crippen LogP contribution >= 0.6 is 0 Å². The van der Waals surface area contributed by atoms with Crippen molar-refractivity contribution < 1.29 is 14.3 Å². The van der Waals surface area contributed by atoms with E-state index >= 15 is 0 Å². The molecule has 6 heteroatoms. The number of rotatable bonds is 4. The van der Waals surface area contributed by atoms with Crippen molar-refractivity contribution in [3.63, 3.8) is 0 Å². The zero-order valence-corrected chi connectivity index (χ0v) is 15.4. The van der Waals surface area contributed by atoms with Crippen LogP contribution in [-0.2, 0) is 11.8 Å². The molecule has 0 atom stereocenters. The Labute approximate surface area is 161 Å². The lowest BCUT2D eigenvalue weighted by Crippen LogP contribution is -2.05. The summed E-state index contributed by atoms with van der Waals surface area (Å²) in [6.45, 7) is 0. The number of fused-ring (bicyclic) bond motifs is 1. The van der Waals surface area contributed by atoms with Gasteiger partial charge in [0.05, 0.1) is 12.7 Å². The van der Waals surface area contributed by atoms with Crippen LogP contribution in [0.3, 0.4) is 0 Å². The Balaban J connectivity index is 1.78. The molecule has 1 aromatic heterocycles. The van der Waals surface area contributed by atoms with Gasteiger partial charge in [-0.1, -0.05) is 47.7 Å². The van der Waals surface area contributed by atoms with Gasteiger partial charge in [-0.25, -0.2) is 9.48 Å². The van der Waals surface area contributed by atoms with Crippen LogP contribution in [0.5, 0.6) is 0 Å². The molecular formula is C22H17N3O3. The van der Waals surface area contributed by atoms with E-state index in [0.29, 0.717) is 22.2 Å². The van der Waals surface area contributed by atoms with Crippen LogP contribution in [0.4, 0.5) is 0 Å². The van der Waals surface area contributed by atoms with Gasteiger partial charge >= 0.3 is 5.97 Å². The summed E-state index contributed by atoms with van der Waals surface area (Å²) in [5, 5.41) is 8.15. The highest BCUT2D eigenvalue weighted by Gasteiger charge is 2.17. The number of benzene rings is 3. The van der Waals surface area contributed by atoms with Crippen LogP contribution in [0.25, 0.3) is 33.3 Å². The predicted octanol–water partition coefficient (Wildman–Crippen LogP) is 3.90. The minimum absolute atomic E-state index is 0.422. The molecule has 0 aliphatic carbocycles. The second-order valence-corrected chi connectivity index (χ2v) is 6.42. The topological polar surface area (TPSA) is 74.1 Å². The molecule has 3 aromatic carbocycles. The lowest BCUT2D eigenvalue weighted by molar-refractivity contribution is 0.0602. The van der Waals surface area contributed by atoms with Gasteiger partial charge in [0, 0.05) is 12.6 Å². The molecule has 0 saturated carbocycles. The minimum Gasteiger partial charge on any atom is -0.465 e. The molecule has 4 rings (SSSR count). The minimum atomic E-state index is -0.431. The monoisotopic (exact) mass is 371 g/mol. The van der Waals surface area contributed by atoms with Crippen molar-refractivity contribution in [3.8, 4) is 22.3 Å². The van der Waals surface area contributed by atoms with E-state index in [1.54, 1.807) is 23.9 Å². The van der Waals surface area contributed by atoms with Gasteiger partial charge in [-0.15, -0.1) is 5.10 Å². The smallest absolute Gasteiger partial charge is 0.340 e. The Morgan fingerprint density at radius 3 is 2.36 bits per heavy atom. The molecule has 4 aromatic rings. The third-order valence-corrected chi connectivity index (χ3v) is 4.68. The summed E-state index contributed by atoms with van der Waals surface area (Å²) in [5.74, 6) is -0.431. The van der Waals surface area contributed by atoms with Crippen LogP contribution in [0.2, 0.25) is 0 Å². The molecule has 28 heavy (non-hydrogen) atoms. The molecule has 138 valence electrons. The molecule has 0 aliphatic rings. The van der Waals surface area contributed by atoms with Gasteiger partial charge < -0.3 is 4.74 Å². The summed E-state index contributed by atoms with van der Waals surface area (Å²) < 4.78 is 6.49. The maximum atomic E-state index is 12.2. The number of hydrogen-bond donors (Lipinski definition) is 0. The van der Waals surface area contributed by atoms with Crippen molar-refractivity contribution in [1.29, 1.82) is 0 Å². The summed E-state index contributed by atoms with van der Waals surface area (Å²) in [6.07, 6.45) is 0.836. The van der Waals surface area contributed by atoms with E-state index in [1.807, 2.05) is 48.5 Å². The molecule has 6 nitrogen and oxygen atoms in total. The summed E-state index contributed by atoms with van der Waals surface area (Å²) in [6, 6.07) is 19.0. The number of methoxy groups -OCH3 is 1. The largest absolute Gasteiger partial charge is 0.465 e. The highest BCUT2D eigenvalue weighted by molar-refractivity contribution is 6.04. The Morgan fingerprint density at radius 2 is 1.68 bits per heavy atom. The third kappa shape index (κ3) is 3.05. The van der Waals surface area contributed by atoms with Crippen molar-refractivity contribution in [2.45, 2.75) is 0 Å². The van der Waals surface area contributed by atoms with Crippen LogP contribution in [0.15, 0.2) is 60.7 Å². The quantitative estimate of drug-likeness (QED) is 0.402. The zero-order valence-electron chi connectivity index (χ0n) is 15.4. The number of aryl methyl sites for hydroxylation is 1. The van der Waals surface area contributed by atoms with Gasteiger partial charge in [-0.2, -0.15) is 0 Å². The number of aromatic nitrogens is 3. The van der Waals surface area contributed by atoms with Crippen LogP contribution < -0.4 is 0 Å². The molecule has 0 spiro atoms. The molecule has 0 aliphatic heterocycles. The van der Waals surface area contributed by atoms with E-state index in [2.05, 4.69) is 10.3 Å². The van der Waals surface area contributed by atoms with Gasteiger partial charge in [0.15, 0.2) is 0 Å². The van der Waals surface area contributed by atoms with Gasteiger partial charge in [-0.05, 0) is 40.5 Å². The maximum absolute atomic E-state index is 12.2. The molecule has 0 bridgehead atoms. The molecule has 0 saturated heterocycles. The average Bonchev–Trinajstić information content (AvgIpc) is 3.13. The van der Waals surface area contributed by atoms with E-state index in [0.717, 1.165) is 28.5 Å². The van der Waals surface area contributed by atoms with E-state index in [4.69, 9.17) is 4.74 Å². The SMILES string of the molecule is COC(=O)c1cc(-c2ccc(-c3cccc(C=O)c3)cc2)cc2nnn(C)c12. The molecule has 0 N–H and O–H groups in total. The number of carbonyl (C=O) groups is 2. The molecule has 0 amide bonds. The van der Waals surface area contributed by atoms with E-state index in [-0.39, 0.29) is 0 Å². The molecule has 0 unspecified atom stereocenters. The second kappa shape index (κ2) is 7.08. The second-order valence-electron chi connectivity index (χ2n) is 6.42. The average molecular weight is 371 g/mol. The van der Waals surface area contributed by atoms with Gasteiger partial charge in [0.25, 0.3) is 0 Å². The van der Waals surface area contributed by atoms with Gasteiger partial charge in [0.2, 0.25) is 0 Å². The van der Waals surface area contributed by atoms with Crippen LogP contribution in [0.1, 0.15) is 20.7 Å². The molecular weight excluding hydrogens is 354 g/mol. The maximum Gasteiger partial charge on any atom is 0.340 e. The number of hydrogen-bond acceptors (Lipinski definition) is 5.